The first-order chi connectivity index (χ1) is 9.74. The lowest BCUT2D eigenvalue weighted by Crippen LogP contribution is -1.90. The molecule has 0 fully saturated rings. The van der Waals surface area contributed by atoms with E-state index in [1.54, 1.807) is 14.2 Å². The number of aromatic nitrogens is 2. The Morgan fingerprint density at radius 2 is 1.90 bits per heavy atom. The SMILES string of the molecule is COc1ccc(-c2csc3ncnc(Cl)c23)cc1OC. The van der Waals surface area contributed by atoms with Crippen LogP contribution in [-0.4, -0.2) is 24.2 Å². The molecule has 0 aliphatic heterocycles. The first-order valence-corrected chi connectivity index (χ1v) is 7.10. The molecule has 0 saturated heterocycles. The van der Waals surface area contributed by atoms with Gasteiger partial charge in [0.05, 0.1) is 19.6 Å². The van der Waals surface area contributed by atoms with Gasteiger partial charge in [-0.05, 0) is 17.7 Å². The fourth-order valence-electron chi connectivity index (χ4n) is 2.05. The maximum Gasteiger partial charge on any atom is 0.161 e. The van der Waals surface area contributed by atoms with E-state index < -0.39 is 0 Å². The van der Waals surface area contributed by atoms with Crippen LogP contribution >= 0.6 is 22.9 Å². The lowest BCUT2D eigenvalue weighted by atomic mass is 10.1. The minimum absolute atomic E-state index is 0.459. The van der Waals surface area contributed by atoms with E-state index in [1.807, 2.05) is 23.6 Å². The molecule has 0 radical (unpaired) electrons. The molecule has 2 heterocycles. The Morgan fingerprint density at radius 1 is 1.10 bits per heavy atom. The summed E-state index contributed by atoms with van der Waals surface area (Å²) >= 11 is 7.72. The molecule has 0 unspecified atom stereocenters. The van der Waals surface area contributed by atoms with E-state index in [2.05, 4.69) is 9.97 Å². The molecular weight excluding hydrogens is 296 g/mol. The van der Waals surface area contributed by atoms with E-state index in [0.29, 0.717) is 16.7 Å². The Bertz CT molecular complexity index is 773. The number of benzene rings is 1. The van der Waals surface area contributed by atoms with Gasteiger partial charge in [0.2, 0.25) is 0 Å². The summed E-state index contributed by atoms with van der Waals surface area (Å²) in [5, 5.41) is 3.35. The molecule has 102 valence electrons. The fourth-order valence-corrected chi connectivity index (χ4v) is 3.26. The summed E-state index contributed by atoms with van der Waals surface area (Å²) in [6.07, 6.45) is 1.47. The first-order valence-electron chi connectivity index (χ1n) is 5.84. The van der Waals surface area contributed by atoms with E-state index in [1.165, 1.54) is 17.7 Å². The molecule has 0 amide bonds. The van der Waals surface area contributed by atoms with E-state index in [-0.39, 0.29) is 0 Å². The van der Waals surface area contributed by atoms with Gasteiger partial charge < -0.3 is 9.47 Å². The second-order valence-corrected chi connectivity index (χ2v) is 5.28. The third-order valence-corrected chi connectivity index (χ3v) is 4.19. The van der Waals surface area contributed by atoms with Crippen LogP contribution in [-0.2, 0) is 0 Å². The van der Waals surface area contributed by atoms with E-state index in [9.17, 15) is 0 Å². The monoisotopic (exact) mass is 306 g/mol. The zero-order chi connectivity index (χ0) is 14.1. The zero-order valence-corrected chi connectivity index (χ0v) is 12.5. The van der Waals surface area contributed by atoms with Crippen molar-refractivity contribution >= 4 is 33.2 Å². The highest BCUT2D eigenvalue weighted by Gasteiger charge is 2.13. The van der Waals surface area contributed by atoms with Crippen LogP contribution < -0.4 is 9.47 Å². The maximum atomic E-state index is 6.19. The van der Waals surface area contributed by atoms with Crippen LogP contribution in [0.1, 0.15) is 0 Å². The number of halogens is 1. The molecule has 0 aliphatic rings. The fraction of sp³-hybridized carbons (Fsp3) is 0.143. The second kappa shape index (κ2) is 5.26. The van der Waals surface area contributed by atoms with Gasteiger partial charge in [-0.1, -0.05) is 17.7 Å². The molecule has 1 aromatic carbocycles. The summed E-state index contributed by atoms with van der Waals surface area (Å²) in [5.41, 5.74) is 1.99. The summed E-state index contributed by atoms with van der Waals surface area (Å²) in [4.78, 5) is 9.15. The van der Waals surface area contributed by atoms with Crippen LogP contribution in [0.4, 0.5) is 0 Å². The summed E-state index contributed by atoms with van der Waals surface area (Å²) in [6, 6.07) is 5.76. The molecule has 0 spiro atoms. The van der Waals surface area contributed by atoms with E-state index in [0.717, 1.165) is 21.3 Å². The van der Waals surface area contributed by atoms with Crippen molar-refractivity contribution in [3.05, 3.63) is 35.1 Å². The van der Waals surface area contributed by atoms with Gasteiger partial charge in [0.1, 0.15) is 16.3 Å². The van der Waals surface area contributed by atoms with E-state index >= 15 is 0 Å². The third-order valence-electron chi connectivity index (χ3n) is 3.02. The highest BCUT2D eigenvalue weighted by atomic mass is 35.5. The molecule has 0 bridgehead atoms. The molecule has 2 aromatic heterocycles. The average Bonchev–Trinajstić information content (AvgIpc) is 2.92. The number of rotatable bonds is 3. The van der Waals surface area contributed by atoms with Crippen molar-refractivity contribution < 1.29 is 9.47 Å². The summed E-state index contributed by atoms with van der Waals surface area (Å²) in [5.74, 6) is 1.37. The van der Waals surface area contributed by atoms with Gasteiger partial charge in [0.15, 0.2) is 11.5 Å². The minimum atomic E-state index is 0.459. The van der Waals surface area contributed by atoms with Crippen LogP contribution in [0.5, 0.6) is 11.5 Å². The average molecular weight is 307 g/mol. The molecule has 4 nitrogen and oxygen atoms in total. The van der Waals surface area contributed by atoms with E-state index in [4.69, 9.17) is 21.1 Å². The molecule has 0 saturated carbocycles. The smallest absolute Gasteiger partial charge is 0.161 e. The number of ether oxygens (including phenoxy) is 2. The Labute approximate surface area is 125 Å². The van der Waals surface area contributed by atoms with Crippen molar-refractivity contribution in [1.29, 1.82) is 0 Å². The van der Waals surface area contributed by atoms with Gasteiger partial charge in [-0.2, -0.15) is 0 Å². The van der Waals surface area contributed by atoms with Crippen LogP contribution in [0.2, 0.25) is 5.15 Å². The number of hydrogen-bond acceptors (Lipinski definition) is 5. The Balaban J connectivity index is 2.21. The molecule has 0 N–H and O–H groups in total. The van der Waals surface area contributed by atoms with Crippen molar-refractivity contribution in [3.8, 4) is 22.6 Å². The highest BCUT2D eigenvalue weighted by Crippen LogP contribution is 2.39. The first kappa shape index (κ1) is 13.1. The second-order valence-electron chi connectivity index (χ2n) is 4.06. The number of nitrogens with zero attached hydrogens (tertiary/aromatic N) is 2. The van der Waals surface area contributed by atoms with Crippen molar-refractivity contribution in [3.63, 3.8) is 0 Å². The predicted octanol–water partition coefficient (Wildman–Crippen LogP) is 4.03. The van der Waals surface area contributed by atoms with Crippen LogP contribution in [0.15, 0.2) is 29.9 Å². The van der Waals surface area contributed by atoms with Gasteiger partial charge in [0.25, 0.3) is 0 Å². The van der Waals surface area contributed by atoms with Gasteiger partial charge in [0, 0.05) is 10.9 Å². The molecule has 0 aliphatic carbocycles. The van der Waals surface area contributed by atoms with Crippen LogP contribution in [0, 0.1) is 0 Å². The zero-order valence-electron chi connectivity index (χ0n) is 10.9. The number of thiophene rings is 1. The number of methoxy groups -OCH3 is 2. The third kappa shape index (κ3) is 2.09. The lowest BCUT2D eigenvalue weighted by Gasteiger charge is -2.09. The predicted molar refractivity (Wildman–Crippen MR) is 81.0 cm³/mol. The largest absolute Gasteiger partial charge is 0.493 e. The molecule has 3 rings (SSSR count). The van der Waals surface area contributed by atoms with Crippen molar-refractivity contribution in [2.24, 2.45) is 0 Å². The van der Waals surface area contributed by atoms with Gasteiger partial charge in [-0.25, -0.2) is 9.97 Å². The van der Waals surface area contributed by atoms with Crippen LogP contribution in [0.25, 0.3) is 21.3 Å². The van der Waals surface area contributed by atoms with Gasteiger partial charge in [-0.3, -0.25) is 0 Å². The molecule has 6 heteroatoms. The van der Waals surface area contributed by atoms with Gasteiger partial charge >= 0.3 is 0 Å². The normalized spacial score (nSPS) is 10.8. The molecule has 20 heavy (non-hydrogen) atoms. The number of hydrogen-bond donors (Lipinski definition) is 0. The van der Waals surface area contributed by atoms with Crippen molar-refractivity contribution in [2.75, 3.05) is 14.2 Å². The lowest BCUT2D eigenvalue weighted by molar-refractivity contribution is 0.355. The van der Waals surface area contributed by atoms with Crippen molar-refractivity contribution in [2.45, 2.75) is 0 Å². The summed E-state index contributed by atoms with van der Waals surface area (Å²) in [6.45, 7) is 0. The van der Waals surface area contributed by atoms with Crippen molar-refractivity contribution in [1.82, 2.24) is 9.97 Å². The molecule has 0 atom stereocenters. The van der Waals surface area contributed by atoms with Gasteiger partial charge in [-0.15, -0.1) is 11.3 Å². The molecular formula is C14H11ClN2O2S. The molecule has 3 aromatic rings. The Hall–Kier alpha value is -1.85. The standard InChI is InChI=1S/C14H11ClN2O2S/c1-18-10-4-3-8(5-11(10)19-2)9-6-20-14-12(9)13(15)16-7-17-14/h3-7H,1-2H3. The maximum absolute atomic E-state index is 6.19. The topological polar surface area (TPSA) is 44.2 Å². The number of fused-ring (bicyclic) bond motifs is 1. The quantitative estimate of drug-likeness (QED) is 0.685. The summed E-state index contributed by atoms with van der Waals surface area (Å²) in [7, 11) is 3.23. The minimum Gasteiger partial charge on any atom is -0.493 e. The summed E-state index contributed by atoms with van der Waals surface area (Å²) < 4.78 is 10.6. The Morgan fingerprint density at radius 3 is 2.65 bits per heavy atom. The Kier molecular flexibility index (Phi) is 3.46. The highest BCUT2D eigenvalue weighted by molar-refractivity contribution is 7.17. The van der Waals surface area contributed by atoms with Crippen LogP contribution in [0.3, 0.4) is 0 Å².